The molecule has 13 unspecified atom stereocenters. The van der Waals surface area contributed by atoms with E-state index in [1.54, 1.807) is 6.92 Å². The first-order chi connectivity index (χ1) is 36.1. The summed E-state index contributed by atoms with van der Waals surface area (Å²) < 4.78 is 27.8. The number of hydrogen-bond donors (Lipinski definition) is 5. The Hall–Kier alpha value is -3.89. The molecule has 16 rings (SSSR count). The van der Waals surface area contributed by atoms with Gasteiger partial charge in [-0.15, -0.1) is 0 Å². The number of ether oxygens (including phenoxy) is 5. The van der Waals surface area contributed by atoms with Crippen LogP contribution in [0.2, 0.25) is 0 Å². The van der Waals surface area contributed by atoms with Crippen LogP contribution in [0.25, 0.3) is 0 Å². The Morgan fingerprint density at radius 3 is 1.19 bits per heavy atom. The van der Waals surface area contributed by atoms with Gasteiger partial charge in [-0.1, -0.05) is 81.7 Å². The Morgan fingerprint density at radius 2 is 0.823 bits per heavy atom. The lowest BCUT2D eigenvalue weighted by molar-refractivity contribution is -0.308. The van der Waals surface area contributed by atoms with E-state index in [1.807, 2.05) is 13.8 Å². The van der Waals surface area contributed by atoms with E-state index in [0.717, 1.165) is 102 Å². The standard InChI is InChI=1S/C17H26O3.C16H22O5.C16H24O3.C15H22O4/c1-11(2)13(18)20-17-9-14(4)6-15(5,10-17)8-16(19,7-14)12(17)3;1-10(2)14(18)20-8-13(17)21-16-6-11-3-12(7-16)5-15(19,4-11)9-16;1-5-12(17)19-16-9-13(3)6-14(4,10-16)8-15(18,7-13)11(16)2;1-4-11(16)19-15-7-12(3)5-13(17,9-15)8-14(18,6-12)10(15)2/h12,19H,1,6-10H2,2-5H3;11-12,19H,1,3-9H2,2H3;5,11,18H,1,6-10H2,2-4H3;4,10,17-18H,1,5-9H2,2-3H3. The molecule has 13 atom stereocenters. The third-order valence-electron chi connectivity index (χ3n) is 22.4. The summed E-state index contributed by atoms with van der Waals surface area (Å²) in [6, 6.07) is 0. The van der Waals surface area contributed by atoms with Crippen LogP contribution in [0.1, 0.15) is 204 Å². The van der Waals surface area contributed by atoms with Crippen molar-refractivity contribution in [3.05, 3.63) is 49.6 Å². The average molecular weight is 1100 g/mol. The smallest absolute Gasteiger partial charge is 0.344 e. The minimum atomic E-state index is -0.931. The van der Waals surface area contributed by atoms with Crippen molar-refractivity contribution in [1.29, 1.82) is 0 Å². The van der Waals surface area contributed by atoms with E-state index in [0.29, 0.717) is 55.9 Å². The van der Waals surface area contributed by atoms with Gasteiger partial charge >= 0.3 is 29.8 Å². The summed E-state index contributed by atoms with van der Waals surface area (Å²) in [6.07, 6.45) is 19.3. The van der Waals surface area contributed by atoms with E-state index in [1.165, 1.54) is 13.0 Å². The highest BCUT2D eigenvalue weighted by molar-refractivity contribution is 5.89. The van der Waals surface area contributed by atoms with Gasteiger partial charge in [0.15, 0.2) is 6.61 Å². The van der Waals surface area contributed by atoms with Crippen LogP contribution in [0, 0.1) is 56.7 Å². The summed E-state index contributed by atoms with van der Waals surface area (Å²) in [6.45, 7) is 34.0. The molecule has 0 radical (unpaired) electrons. The topological polar surface area (TPSA) is 233 Å². The van der Waals surface area contributed by atoms with Crippen molar-refractivity contribution >= 4 is 29.8 Å². The van der Waals surface area contributed by atoms with Crippen LogP contribution < -0.4 is 0 Å². The van der Waals surface area contributed by atoms with E-state index in [9.17, 15) is 49.5 Å². The quantitative estimate of drug-likeness (QED) is 0.0779. The molecule has 440 valence electrons. The first-order valence-corrected chi connectivity index (χ1v) is 29.4. The summed E-state index contributed by atoms with van der Waals surface area (Å²) in [5.74, 6) is -1.51. The Morgan fingerprint density at radius 1 is 0.456 bits per heavy atom. The van der Waals surface area contributed by atoms with Crippen LogP contribution in [0.4, 0.5) is 0 Å². The lowest BCUT2D eigenvalue weighted by atomic mass is 9.39. The van der Waals surface area contributed by atoms with Gasteiger partial charge in [0, 0.05) is 60.3 Å². The Kier molecular flexibility index (Phi) is 14.2. The van der Waals surface area contributed by atoms with Crippen molar-refractivity contribution in [2.45, 2.75) is 254 Å². The summed E-state index contributed by atoms with van der Waals surface area (Å²) in [5, 5.41) is 54.3. The number of carbonyl (C=O) groups is 5. The minimum absolute atomic E-state index is 0.000231. The van der Waals surface area contributed by atoms with Crippen molar-refractivity contribution in [3.63, 3.8) is 0 Å². The van der Waals surface area contributed by atoms with Gasteiger partial charge in [-0.25, -0.2) is 24.0 Å². The molecule has 79 heavy (non-hydrogen) atoms. The summed E-state index contributed by atoms with van der Waals surface area (Å²) in [5.41, 5.74) is -5.30. The molecule has 16 aliphatic rings. The summed E-state index contributed by atoms with van der Waals surface area (Å²) >= 11 is 0. The molecule has 0 saturated heterocycles. The fraction of sp³-hybridized carbons (Fsp3) is 0.797. The average Bonchev–Trinajstić information content (AvgIpc) is 2.81. The minimum Gasteiger partial charge on any atom is -0.456 e. The molecular formula is C64H94O15. The zero-order valence-corrected chi connectivity index (χ0v) is 49.2. The molecule has 0 aromatic heterocycles. The predicted molar refractivity (Wildman–Crippen MR) is 293 cm³/mol. The van der Waals surface area contributed by atoms with Crippen LogP contribution in [0.15, 0.2) is 49.6 Å². The maximum absolute atomic E-state index is 12.1. The highest BCUT2D eigenvalue weighted by Gasteiger charge is 2.74. The lowest BCUT2D eigenvalue weighted by Crippen LogP contribution is -2.73. The Labute approximate surface area is 468 Å². The molecule has 0 aliphatic heterocycles. The molecule has 0 spiro atoms. The van der Waals surface area contributed by atoms with Crippen LogP contribution >= 0.6 is 0 Å². The van der Waals surface area contributed by atoms with E-state index < -0.39 is 68.3 Å². The van der Waals surface area contributed by atoms with Gasteiger partial charge in [0.05, 0.1) is 28.0 Å². The maximum atomic E-state index is 12.1. The number of hydrogen-bond acceptors (Lipinski definition) is 15. The molecule has 15 nitrogen and oxygen atoms in total. The molecule has 16 aliphatic carbocycles. The highest BCUT2D eigenvalue weighted by Crippen LogP contribution is 2.73. The Balaban J connectivity index is 0.000000128. The van der Waals surface area contributed by atoms with Gasteiger partial charge < -0.3 is 49.2 Å². The van der Waals surface area contributed by atoms with Crippen molar-refractivity contribution in [1.82, 2.24) is 0 Å². The molecule has 16 saturated carbocycles. The van der Waals surface area contributed by atoms with E-state index in [4.69, 9.17) is 23.7 Å². The molecule has 0 aromatic rings. The maximum Gasteiger partial charge on any atom is 0.344 e. The monoisotopic (exact) mass is 1100 g/mol. The molecule has 5 N–H and O–H groups in total. The second-order valence-electron chi connectivity index (χ2n) is 31.2. The fourth-order valence-corrected chi connectivity index (χ4v) is 22.1. The number of esters is 5. The molecule has 0 amide bonds. The van der Waals surface area contributed by atoms with Crippen LogP contribution in [-0.4, -0.2) is 112 Å². The van der Waals surface area contributed by atoms with Gasteiger partial charge in [-0.3, -0.25) is 0 Å². The van der Waals surface area contributed by atoms with Gasteiger partial charge in [0.2, 0.25) is 0 Å². The lowest BCUT2D eigenvalue weighted by Gasteiger charge is -2.69. The molecular weight excluding hydrogens is 1010 g/mol. The van der Waals surface area contributed by atoms with Crippen LogP contribution in [0.3, 0.4) is 0 Å². The third kappa shape index (κ3) is 10.8. The zero-order chi connectivity index (χ0) is 58.4. The summed E-state index contributed by atoms with van der Waals surface area (Å²) in [7, 11) is 0. The van der Waals surface area contributed by atoms with Crippen molar-refractivity contribution in [2.75, 3.05) is 6.61 Å². The van der Waals surface area contributed by atoms with Crippen molar-refractivity contribution in [3.8, 4) is 0 Å². The summed E-state index contributed by atoms with van der Waals surface area (Å²) in [4.78, 5) is 58.7. The first-order valence-electron chi connectivity index (χ1n) is 29.4. The second-order valence-corrected chi connectivity index (χ2v) is 31.2. The molecule has 16 fully saturated rings. The number of aliphatic hydroxyl groups is 5. The van der Waals surface area contributed by atoms with Crippen molar-refractivity contribution in [2.24, 2.45) is 56.7 Å². The van der Waals surface area contributed by atoms with Crippen molar-refractivity contribution < 1.29 is 73.2 Å². The molecule has 15 heteroatoms. The second kappa shape index (κ2) is 18.8. The normalized spacial score (nSPS) is 50.5. The first kappa shape index (κ1) is 59.7. The molecule has 0 aromatic carbocycles. The fourth-order valence-electron chi connectivity index (χ4n) is 22.1. The van der Waals surface area contributed by atoms with E-state index in [2.05, 4.69) is 67.9 Å². The van der Waals surface area contributed by atoms with Crippen LogP contribution in [0.5, 0.6) is 0 Å². The van der Waals surface area contributed by atoms with Gasteiger partial charge in [0.25, 0.3) is 0 Å². The molecule has 0 heterocycles. The van der Waals surface area contributed by atoms with E-state index >= 15 is 0 Å². The van der Waals surface area contributed by atoms with Gasteiger partial charge in [0.1, 0.15) is 22.4 Å². The van der Waals surface area contributed by atoms with Gasteiger partial charge in [-0.2, -0.15) is 0 Å². The molecule has 16 bridgehead atoms. The zero-order valence-electron chi connectivity index (χ0n) is 49.2. The highest BCUT2D eigenvalue weighted by atomic mass is 16.6. The SMILES string of the molecule is C=C(C)C(=O)OC12CC3(C)CC(C)(CC(O)(C3)C1C)C2.C=C(C)C(=O)OCC(=O)OC12CC3CC(CC(O)(C3)C1)C2.C=CC(=O)OC12CC3(C)CC(C)(CC(O)(C3)C1C)C2.C=CC(=O)OC12CC3(C)CC(O)(CC(O)(C3)C1C)C2. The Bertz CT molecular complexity index is 2440. The largest absolute Gasteiger partial charge is 0.456 e. The van der Waals surface area contributed by atoms with Gasteiger partial charge in [-0.05, 0) is 168 Å². The van der Waals surface area contributed by atoms with E-state index in [-0.39, 0.29) is 68.9 Å². The number of rotatable bonds is 10. The predicted octanol–water partition coefficient (Wildman–Crippen LogP) is 9.32. The third-order valence-corrected chi connectivity index (χ3v) is 22.4. The van der Waals surface area contributed by atoms with Crippen LogP contribution in [-0.2, 0) is 47.7 Å². The number of carbonyl (C=O) groups excluding carboxylic acids is 5.